The highest BCUT2D eigenvalue weighted by molar-refractivity contribution is 9.11. The van der Waals surface area contributed by atoms with Gasteiger partial charge in [0, 0.05) is 50.3 Å². The van der Waals surface area contributed by atoms with Gasteiger partial charge in [0.05, 0.1) is 21.5 Å². The fourth-order valence-electron chi connectivity index (χ4n) is 3.61. The summed E-state index contributed by atoms with van der Waals surface area (Å²) in [6.07, 6.45) is 0. The van der Waals surface area contributed by atoms with E-state index in [4.69, 9.17) is 0 Å². The van der Waals surface area contributed by atoms with Gasteiger partial charge < -0.3 is 5.32 Å². The zero-order valence-corrected chi connectivity index (χ0v) is 18.4. The van der Waals surface area contributed by atoms with E-state index < -0.39 is 0 Å². The van der Waals surface area contributed by atoms with E-state index in [-0.39, 0.29) is 17.7 Å². The number of anilines is 1. The minimum atomic E-state index is -0.338. The molecule has 152 valence electrons. The van der Waals surface area contributed by atoms with E-state index in [0.717, 1.165) is 41.4 Å². The second-order valence-electron chi connectivity index (χ2n) is 7.24. The van der Waals surface area contributed by atoms with Crippen molar-refractivity contribution in [3.05, 3.63) is 50.1 Å². The Labute approximate surface area is 181 Å². The Bertz CT molecular complexity index is 968. The van der Waals surface area contributed by atoms with E-state index in [2.05, 4.69) is 43.2 Å². The van der Waals surface area contributed by atoms with Crippen molar-refractivity contribution >= 4 is 50.7 Å². The lowest BCUT2D eigenvalue weighted by molar-refractivity contribution is -0.117. The first kappa shape index (κ1) is 20.2. The normalized spacial score (nSPS) is 17.7. The molecule has 0 radical (unpaired) electrons. The molecular formula is C20H21BrN4O3S. The van der Waals surface area contributed by atoms with Gasteiger partial charge in [0.15, 0.2) is 0 Å². The van der Waals surface area contributed by atoms with Crippen LogP contribution in [0.2, 0.25) is 0 Å². The summed E-state index contributed by atoms with van der Waals surface area (Å²) in [6.45, 7) is 4.76. The Morgan fingerprint density at radius 1 is 1.03 bits per heavy atom. The summed E-state index contributed by atoms with van der Waals surface area (Å²) in [5, 5.41) is 2.84. The summed E-state index contributed by atoms with van der Waals surface area (Å²) in [5.74, 6) is -0.767. The Hall–Kier alpha value is -2.07. The molecule has 0 saturated carbocycles. The largest absolute Gasteiger partial charge is 0.325 e. The number of hydrogen-bond acceptors (Lipinski definition) is 6. The lowest BCUT2D eigenvalue weighted by Gasteiger charge is -2.34. The predicted octanol–water partition coefficient (Wildman–Crippen LogP) is 2.49. The summed E-state index contributed by atoms with van der Waals surface area (Å²) in [5.41, 5.74) is 1.25. The van der Waals surface area contributed by atoms with Crippen molar-refractivity contribution in [1.29, 1.82) is 0 Å². The molecule has 9 heteroatoms. The van der Waals surface area contributed by atoms with Crippen molar-refractivity contribution < 1.29 is 14.4 Å². The van der Waals surface area contributed by atoms with Gasteiger partial charge in [-0.15, -0.1) is 11.3 Å². The molecule has 2 aliphatic heterocycles. The molecule has 4 rings (SSSR count). The van der Waals surface area contributed by atoms with Crippen molar-refractivity contribution in [3.63, 3.8) is 0 Å². The Morgan fingerprint density at radius 3 is 2.41 bits per heavy atom. The minimum absolute atomic E-state index is 0.120. The zero-order valence-electron chi connectivity index (χ0n) is 16.0. The molecule has 1 aromatic carbocycles. The fourth-order valence-corrected chi connectivity index (χ4v) is 5.13. The van der Waals surface area contributed by atoms with Crippen molar-refractivity contribution in [2.45, 2.75) is 6.54 Å². The number of halogens is 1. The number of imide groups is 1. The van der Waals surface area contributed by atoms with Crippen LogP contribution in [0.15, 0.2) is 34.1 Å². The predicted molar refractivity (Wildman–Crippen MR) is 115 cm³/mol. The van der Waals surface area contributed by atoms with Crippen LogP contribution in [0.4, 0.5) is 5.69 Å². The molecule has 29 heavy (non-hydrogen) atoms. The maximum absolute atomic E-state index is 12.4. The monoisotopic (exact) mass is 476 g/mol. The van der Waals surface area contributed by atoms with Crippen molar-refractivity contribution in [2.75, 3.05) is 45.1 Å². The minimum Gasteiger partial charge on any atom is -0.325 e. The van der Waals surface area contributed by atoms with E-state index in [0.29, 0.717) is 23.4 Å². The van der Waals surface area contributed by atoms with Gasteiger partial charge in [0.2, 0.25) is 5.91 Å². The van der Waals surface area contributed by atoms with Crippen molar-refractivity contribution in [2.24, 2.45) is 0 Å². The lowest BCUT2D eigenvalue weighted by atomic mass is 10.1. The van der Waals surface area contributed by atoms with Crippen LogP contribution in [0, 0.1) is 0 Å². The number of carbonyl (C=O) groups is 3. The standard InChI is InChI=1S/C20H21BrN4O3S/c1-23-19(27)15-4-2-13(10-16(15)20(23)28)22-18(26)12-25-8-6-24(7-9-25)11-14-3-5-17(21)29-14/h2-5,10H,6-9,11-12H2,1H3,(H,22,26). The number of fused-ring (bicyclic) bond motifs is 1. The summed E-state index contributed by atoms with van der Waals surface area (Å²) in [4.78, 5) is 43.4. The van der Waals surface area contributed by atoms with Gasteiger partial charge in [0.25, 0.3) is 11.8 Å². The van der Waals surface area contributed by atoms with Crippen LogP contribution < -0.4 is 5.32 Å². The number of piperazine rings is 1. The first-order valence-corrected chi connectivity index (χ1v) is 11.0. The second-order valence-corrected chi connectivity index (χ2v) is 9.78. The van der Waals surface area contributed by atoms with Crippen LogP contribution in [0.1, 0.15) is 25.6 Å². The third-order valence-corrected chi connectivity index (χ3v) is 6.82. The first-order chi connectivity index (χ1) is 13.9. The Morgan fingerprint density at radius 2 is 1.72 bits per heavy atom. The van der Waals surface area contributed by atoms with Gasteiger partial charge in [-0.3, -0.25) is 29.1 Å². The van der Waals surface area contributed by atoms with Gasteiger partial charge in [-0.25, -0.2) is 0 Å². The van der Waals surface area contributed by atoms with Crippen LogP contribution >= 0.6 is 27.3 Å². The van der Waals surface area contributed by atoms with Gasteiger partial charge in [-0.1, -0.05) is 0 Å². The van der Waals surface area contributed by atoms with Crippen LogP contribution in [0.25, 0.3) is 0 Å². The molecule has 0 atom stereocenters. The lowest BCUT2D eigenvalue weighted by Crippen LogP contribution is -2.48. The smallest absolute Gasteiger partial charge is 0.261 e. The maximum Gasteiger partial charge on any atom is 0.261 e. The molecule has 2 aromatic rings. The zero-order chi connectivity index (χ0) is 20.5. The molecule has 1 fully saturated rings. The molecule has 1 N–H and O–H groups in total. The average molecular weight is 477 g/mol. The number of carbonyl (C=O) groups excluding carboxylic acids is 3. The Kier molecular flexibility index (Phi) is 5.82. The quantitative estimate of drug-likeness (QED) is 0.671. The second kappa shape index (κ2) is 8.35. The van der Waals surface area contributed by atoms with E-state index in [9.17, 15) is 14.4 Å². The first-order valence-electron chi connectivity index (χ1n) is 9.36. The Balaban J connectivity index is 1.28. The van der Waals surface area contributed by atoms with Gasteiger partial charge in [0.1, 0.15) is 0 Å². The summed E-state index contributed by atoms with van der Waals surface area (Å²) in [6, 6.07) is 9.05. The number of thiophene rings is 1. The summed E-state index contributed by atoms with van der Waals surface area (Å²) < 4.78 is 1.15. The van der Waals surface area contributed by atoms with Gasteiger partial charge >= 0.3 is 0 Å². The molecule has 7 nitrogen and oxygen atoms in total. The van der Waals surface area contributed by atoms with Gasteiger partial charge in [-0.2, -0.15) is 0 Å². The van der Waals surface area contributed by atoms with Crippen molar-refractivity contribution in [3.8, 4) is 0 Å². The topological polar surface area (TPSA) is 73.0 Å². The summed E-state index contributed by atoms with van der Waals surface area (Å²) >= 11 is 5.25. The van der Waals surface area contributed by atoms with E-state index in [1.807, 2.05) is 0 Å². The fraction of sp³-hybridized carbons (Fsp3) is 0.350. The number of rotatable bonds is 5. The highest BCUT2D eigenvalue weighted by atomic mass is 79.9. The van der Waals surface area contributed by atoms with E-state index in [1.54, 1.807) is 29.5 Å². The maximum atomic E-state index is 12.4. The molecule has 0 spiro atoms. The van der Waals surface area contributed by atoms with Crippen molar-refractivity contribution in [1.82, 2.24) is 14.7 Å². The third kappa shape index (κ3) is 4.42. The number of nitrogens with one attached hydrogen (secondary N) is 1. The number of amides is 3. The number of nitrogens with zero attached hydrogens (tertiary/aromatic N) is 3. The average Bonchev–Trinajstić information content (AvgIpc) is 3.20. The van der Waals surface area contributed by atoms with E-state index in [1.165, 1.54) is 11.9 Å². The van der Waals surface area contributed by atoms with Crippen LogP contribution in [0.3, 0.4) is 0 Å². The molecule has 2 aliphatic rings. The molecule has 1 aromatic heterocycles. The SMILES string of the molecule is CN1C(=O)c2ccc(NC(=O)CN3CCN(Cc4ccc(Br)s4)CC3)cc2C1=O. The molecule has 0 unspecified atom stereocenters. The molecular weight excluding hydrogens is 456 g/mol. The van der Waals surface area contributed by atoms with Gasteiger partial charge in [-0.05, 0) is 46.3 Å². The molecule has 1 saturated heterocycles. The molecule has 3 amide bonds. The van der Waals surface area contributed by atoms with Crippen LogP contribution in [0.5, 0.6) is 0 Å². The third-order valence-electron chi connectivity index (χ3n) is 5.21. The summed E-state index contributed by atoms with van der Waals surface area (Å²) in [7, 11) is 1.46. The molecule has 3 heterocycles. The number of hydrogen-bond donors (Lipinski definition) is 1. The number of benzene rings is 1. The molecule has 0 aliphatic carbocycles. The van der Waals surface area contributed by atoms with E-state index >= 15 is 0 Å². The molecule has 0 bridgehead atoms. The highest BCUT2D eigenvalue weighted by Gasteiger charge is 2.32. The van der Waals surface area contributed by atoms with Crippen LogP contribution in [-0.2, 0) is 11.3 Å². The van der Waals surface area contributed by atoms with Crippen LogP contribution in [-0.4, -0.2) is 72.2 Å². The highest BCUT2D eigenvalue weighted by Crippen LogP contribution is 2.25.